The Hall–Kier alpha value is -4.02. The molecular weight excluding hydrogens is 707 g/mol. The van der Waals surface area contributed by atoms with E-state index in [0.717, 1.165) is 56.9 Å². The van der Waals surface area contributed by atoms with Crippen molar-refractivity contribution >= 4 is 41.2 Å². The highest BCUT2D eigenvalue weighted by Crippen LogP contribution is 2.33. The maximum atomic E-state index is 14.4. The highest BCUT2D eigenvalue weighted by atomic mass is 16.6. The van der Waals surface area contributed by atoms with Crippen LogP contribution in [-0.4, -0.2) is 44.9 Å². The van der Waals surface area contributed by atoms with Crippen LogP contribution in [0.1, 0.15) is 203 Å². The van der Waals surface area contributed by atoms with Gasteiger partial charge in [0.25, 0.3) is 0 Å². The monoisotopic (exact) mass is 780 g/mol. The van der Waals surface area contributed by atoms with Crippen molar-refractivity contribution in [1.29, 1.82) is 0 Å². The van der Waals surface area contributed by atoms with Crippen molar-refractivity contribution < 1.29 is 28.7 Å². The van der Waals surface area contributed by atoms with Gasteiger partial charge in [0.15, 0.2) is 5.49 Å². The van der Waals surface area contributed by atoms with E-state index in [4.69, 9.17) is 19.5 Å². The van der Waals surface area contributed by atoms with Gasteiger partial charge in [-0.3, -0.25) is 9.59 Å². The van der Waals surface area contributed by atoms with Crippen molar-refractivity contribution in [2.45, 2.75) is 192 Å². The molecule has 11 heteroatoms. The number of nitrogens with one attached hydrogen (secondary N) is 3. The lowest BCUT2D eigenvalue weighted by atomic mass is 9.92. The number of ether oxygens (including phenoxy) is 2. The van der Waals surface area contributed by atoms with E-state index >= 15 is 0 Å². The van der Waals surface area contributed by atoms with Crippen molar-refractivity contribution in [3.05, 3.63) is 38.9 Å². The van der Waals surface area contributed by atoms with Gasteiger partial charge in [0, 0.05) is 23.0 Å². The van der Waals surface area contributed by atoms with Gasteiger partial charge in [-0.05, 0) is 111 Å². The number of H-pyrrole nitrogens is 1. The summed E-state index contributed by atoms with van der Waals surface area (Å²) < 4.78 is 11.9. The lowest BCUT2D eigenvalue weighted by Crippen LogP contribution is -2.27. The first kappa shape index (κ1) is 48.1. The standard InChI is InChI=1S/C45H73N5O6/c1-16-21-24-30(19-4)40(51)49-36-28(8)32(26-23-18-3)35(43(54)56-45(13,14)15)33(27(6)7)38(46-36)47-37-29(9)34(42(53)55-44(10,11)12)39(48-37)50-41(52)31(20-5)25-22-17-2/h27,30-31,48H,16-26H2,1-15H3,(H,50,52)(H,46,47,49,51). The van der Waals surface area contributed by atoms with Crippen LogP contribution in [0.3, 0.4) is 0 Å². The van der Waals surface area contributed by atoms with Crippen LogP contribution in [0.4, 0.5) is 17.5 Å². The smallest absolute Gasteiger partial charge is 0.342 e. The molecule has 56 heavy (non-hydrogen) atoms. The summed E-state index contributed by atoms with van der Waals surface area (Å²) in [6.45, 7) is 28.7. The number of hydrogen-bond acceptors (Lipinski definition) is 8. The largest absolute Gasteiger partial charge is 0.456 e. The van der Waals surface area contributed by atoms with Gasteiger partial charge in [0.1, 0.15) is 34.2 Å². The molecule has 2 aromatic rings. The van der Waals surface area contributed by atoms with Crippen LogP contribution in [0, 0.1) is 25.7 Å². The Balaban J connectivity index is 3.20. The van der Waals surface area contributed by atoms with Crippen LogP contribution in [0.2, 0.25) is 0 Å². The van der Waals surface area contributed by atoms with Crippen molar-refractivity contribution in [3.8, 4) is 0 Å². The molecule has 0 fully saturated rings. The first-order valence-corrected chi connectivity index (χ1v) is 21.1. The quantitative estimate of drug-likeness (QED) is 0.120. The fourth-order valence-corrected chi connectivity index (χ4v) is 6.70. The zero-order valence-corrected chi connectivity index (χ0v) is 37.4. The number of carbonyl (C=O) groups is 4. The second kappa shape index (κ2) is 21.5. The summed E-state index contributed by atoms with van der Waals surface area (Å²) in [7, 11) is 0. The molecule has 11 nitrogen and oxygen atoms in total. The maximum absolute atomic E-state index is 14.4. The van der Waals surface area contributed by atoms with Gasteiger partial charge in [-0.25, -0.2) is 19.6 Å². The van der Waals surface area contributed by atoms with Crippen LogP contribution in [0.5, 0.6) is 0 Å². The van der Waals surface area contributed by atoms with Crippen LogP contribution >= 0.6 is 0 Å². The molecule has 2 heterocycles. The SMILES string of the molecule is CCCCc1c(C)c(NC(=O)C(CC)CCCC)nc(=Nc2[nH]c(NC(=O)C(CC)CCCC)c(C(=O)OC(C)(C)C)c2C)c(C(C)C)c1C(=O)OC(C)(C)C. The van der Waals surface area contributed by atoms with Gasteiger partial charge in [-0.2, -0.15) is 0 Å². The Kier molecular flexibility index (Phi) is 18.5. The third-order valence-electron chi connectivity index (χ3n) is 9.87. The van der Waals surface area contributed by atoms with Gasteiger partial charge in [0.05, 0.1) is 5.56 Å². The van der Waals surface area contributed by atoms with Crippen LogP contribution in [0.25, 0.3) is 0 Å². The molecule has 2 atom stereocenters. The van der Waals surface area contributed by atoms with E-state index in [1.165, 1.54) is 0 Å². The summed E-state index contributed by atoms with van der Waals surface area (Å²) in [5.74, 6) is -1.42. The minimum Gasteiger partial charge on any atom is -0.456 e. The third kappa shape index (κ3) is 13.6. The molecule has 0 radical (unpaired) electrons. The van der Waals surface area contributed by atoms with E-state index in [1.54, 1.807) is 27.7 Å². The number of amides is 2. The molecule has 0 aliphatic heterocycles. The van der Waals surface area contributed by atoms with Crippen LogP contribution in [-0.2, 0) is 25.5 Å². The molecule has 0 saturated carbocycles. The number of hydrogen-bond donors (Lipinski definition) is 3. The predicted molar refractivity (Wildman–Crippen MR) is 227 cm³/mol. The lowest BCUT2D eigenvalue weighted by Gasteiger charge is -2.22. The summed E-state index contributed by atoms with van der Waals surface area (Å²) in [4.78, 5) is 69.2. The fraction of sp³-hybridized carbons (Fsp3) is 0.689. The Morgan fingerprint density at radius 1 is 0.714 bits per heavy atom. The number of aromatic amines is 1. The Morgan fingerprint density at radius 3 is 1.64 bits per heavy atom. The van der Waals surface area contributed by atoms with Crippen molar-refractivity contribution in [2.24, 2.45) is 16.8 Å². The number of unbranched alkanes of at least 4 members (excludes halogenated alkanes) is 3. The van der Waals surface area contributed by atoms with Gasteiger partial charge in [-0.15, -0.1) is 0 Å². The predicted octanol–water partition coefficient (Wildman–Crippen LogP) is 10.9. The molecule has 0 spiro atoms. The van der Waals surface area contributed by atoms with E-state index in [9.17, 15) is 19.2 Å². The highest BCUT2D eigenvalue weighted by molar-refractivity contribution is 6.03. The molecule has 0 bridgehead atoms. The molecule has 2 rings (SSSR count). The summed E-state index contributed by atoms with van der Waals surface area (Å²) >= 11 is 0. The Labute approximate surface area is 337 Å². The average Bonchev–Trinajstić information content (AvgIpc) is 3.33. The average molecular weight is 780 g/mol. The molecular formula is C45H73N5O6. The molecule has 0 saturated heterocycles. The maximum Gasteiger partial charge on any atom is 0.342 e. The van der Waals surface area contributed by atoms with Crippen LogP contribution < -0.4 is 16.1 Å². The minimum atomic E-state index is -0.804. The van der Waals surface area contributed by atoms with Gasteiger partial charge in [-0.1, -0.05) is 80.6 Å². The van der Waals surface area contributed by atoms with E-state index in [1.807, 2.05) is 55.4 Å². The lowest BCUT2D eigenvalue weighted by molar-refractivity contribution is -0.121. The number of carbonyl (C=O) groups excluding carboxylic acids is 4. The van der Waals surface area contributed by atoms with Gasteiger partial charge >= 0.3 is 11.9 Å². The molecule has 2 unspecified atom stereocenters. The summed E-state index contributed by atoms with van der Waals surface area (Å²) in [6, 6.07) is 0. The minimum absolute atomic E-state index is 0.137. The third-order valence-corrected chi connectivity index (χ3v) is 9.87. The van der Waals surface area contributed by atoms with E-state index < -0.39 is 23.1 Å². The number of nitrogens with zero attached hydrogens (tertiary/aromatic N) is 2. The number of rotatable bonds is 19. The Morgan fingerprint density at radius 2 is 1.20 bits per heavy atom. The first-order chi connectivity index (χ1) is 26.1. The number of aromatic nitrogens is 2. The summed E-state index contributed by atoms with van der Waals surface area (Å²) in [5.41, 5.74) is 1.54. The number of esters is 2. The van der Waals surface area contributed by atoms with E-state index in [-0.39, 0.29) is 52.3 Å². The first-order valence-electron chi connectivity index (χ1n) is 21.1. The van der Waals surface area contributed by atoms with Crippen molar-refractivity contribution in [1.82, 2.24) is 9.97 Å². The fourth-order valence-electron chi connectivity index (χ4n) is 6.70. The van der Waals surface area contributed by atoms with Crippen molar-refractivity contribution in [3.63, 3.8) is 0 Å². The molecule has 2 amide bonds. The van der Waals surface area contributed by atoms with Crippen LogP contribution in [0.15, 0.2) is 4.99 Å². The summed E-state index contributed by atoms with van der Waals surface area (Å²) in [6.07, 6.45) is 8.78. The zero-order valence-electron chi connectivity index (χ0n) is 37.4. The highest BCUT2D eigenvalue weighted by Gasteiger charge is 2.31. The zero-order chi connectivity index (χ0) is 42.5. The van der Waals surface area contributed by atoms with Crippen molar-refractivity contribution in [2.75, 3.05) is 10.6 Å². The summed E-state index contributed by atoms with van der Waals surface area (Å²) in [5, 5.41) is 6.14. The molecule has 2 aromatic heterocycles. The second-order valence-electron chi connectivity index (χ2n) is 17.4. The normalized spacial score (nSPS) is 13.4. The molecule has 0 aliphatic rings. The van der Waals surface area contributed by atoms with Gasteiger partial charge in [0.2, 0.25) is 11.8 Å². The van der Waals surface area contributed by atoms with E-state index in [2.05, 4.69) is 36.4 Å². The molecule has 0 aliphatic carbocycles. The van der Waals surface area contributed by atoms with Gasteiger partial charge < -0.3 is 25.1 Å². The molecule has 3 N–H and O–H groups in total. The molecule has 0 aromatic carbocycles. The topological polar surface area (TPSA) is 152 Å². The second-order valence-corrected chi connectivity index (χ2v) is 17.4. The van der Waals surface area contributed by atoms with E-state index in [0.29, 0.717) is 47.3 Å². The Bertz CT molecular complexity index is 1740. The molecule has 314 valence electrons. The number of anilines is 2.